The van der Waals surface area contributed by atoms with Gasteiger partial charge in [-0.1, -0.05) is 13.8 Å². The van der Waals surface area contributed by atoms with Gasteiger partial charge in [0.2, 0.25) is 0 Å². The van der Waals surface area contributed by atoms with Gasteiger partial charge in [0.1, 0.15) is 0 Å². The van der Waals surface area contributed by atoms with E-state index in [-0.39, 0.29) is 0 Å². The Bertz CT molecular complexity index is 427. The Kier molecular flexibility index (Phi) is 3.97. The highest BCUT2D eigenvalue weighted by atomic mass is 15.2. The fourth-order valence-corrected chi connectivity index (χ4v) is 3.72. The first-order valence-electron chi connectivity index (χ1n) is 8.10. The number of piperidine rings is 2. The quantitative estimate of drug-likeness (QED) is 0.897. The number of aromatic nitrogens is 1. The average molecular weight is 273 g/mol. The third-order valence-electron chi connectivity index (χ3n) is 5.05. The van der Waals surface area contributed by atoms with Gasteiger partial charge >= 0.3 is 0 Å². The maximum atomic E-state index is 4.63. The van der Waals surface area contributed by atoms with Crippen molar-refractivity contribution in [3.05, 3.63) is 24.0 Å². The molecule has 0 aliphatic carbocycles. The topological polar surface area (TPSA) is 28.2 Å². The molecule has 0 amide bonds. The van der Waals surface area contributed by atoms with Crippen molar-refractivity contribution in [3.8, 4) is 0 Å². The molecule has 20 heavy (non-hydrogen) atoms. The molecule has 1 N–H and O–H groups in total. The second kappa shape index (κ2) is 5.72. The summed E-state index contributed by atoms with van der Waals surface area (Å²) >= 11 is 0. The Balaban J connectivity index is 1.73. The van der Waals surface area contributed by atoms with Crippen LogP contribution >= 0.6 is 0 Å². The van der Waals surface area contributed by atoms with Gasteiger partial charge in [-0.25, -0.2) is 0 Å². The average Bonchev–Trinajstić information content (AvgIpc) is 2.48. The summed E-state index contributed by atoms with van der Waals surface area (Å²) in [4.78, 5) is 7.19. The Morgan fingerprint density at radius 2 is 2.00 bits per heavy atom. The molecule has 2 saturated heterocycles. The second-order valence-electron chi connectivity index (χ2n) is 6.87. The smallest absolute Gasteiger partial charge is 0.0553 e. The van der Waals surface area contributed by atoms with Crippen LogP contribution in [0.25, 0.3) is 0 Å². The van der Waals surface area contributed by atoms with Crippen molar-refractivity contribution in [2.75, 3.05) is 31.1 Å². The Morgan fingerprint density at radius 3 is 2.65 bits per heavy atom. The molecule has 1 spiro atoms. The first-order valence-corrected chi connectivity index (χ1v) is 8.10. The molecule has 0 bridgehead atoms. The number of nitrogens with one attached hydrogen (secondary N) is 1. The summed E-state index contributed by atoms with van der Waals surface area (Å²) in [5.74, 6) is 0.515. The van der Waals surface area contributed by atoms with Gasteiger partial charge in [-0.15, -0.1) is 0 Å². The zero-order valence-electron chi connectivity index (χ0n) is 12.9. The monoisotopic (exact) mass is 273 g/mol. The van der Waals surface area contributed by atoms with E-state index < -0.39 is 0 Å². The lowest BCUT2D eigenvalue weighted by molar-refractivity contribution is 0.166. The predicted octanol–water partition coefficient (Wildman–Crippen LogP) is 3.18. The van der Waals surface area contributed by atoms with E-state index in [1.807, 2.05) is 0 Å². The summed E-state index contributed by atoms with van der Waals surface area (Å²) in [6.07, 6.45) is 7.48. The van der Waals surface area contributed by atoms with Crippen molar-refractivity contribution in [2.45, 2.75) is 45.4 Å². The van der Waals surface area contributed by atoms with Gasteiger partial charge in [0.25, 0.3) is 0 Å². The third-order valence-corrected chi connectivity index (χ3v) is 5.05. The van der Waals surface area contributed by atoms with E-state index in [9.17, 15) is 0 Å². The lowest BCUT2D eigenvalue weighted by atomic mass is 9.73. The highest BCUT2D eigenvalue weighted by Gasteiger charge is 2.36. The maximum Gasteiger partial charge on any atom is 0.0553 e. The van der Waals surface area contributed by atoms with E-state index in [2.05, 4.69) is 47.4 Å². The van der Waals surface area contributed by atoms with Gasteiger partial charge in [-0.3, -0.25) is 4.98 Å². The van der Waals surface area contributed by atoms with Crippen molar-refractivity contribution in [3.63, 3.8) is 0 Å². The van der Waals surface area contributed by atoms with E-state index >= 15 is 0 Å². The van der Waals surface area contributed by atoms with Crippen molar-refractivity contribution in [1.82, 2.24) is 10.3 Å². The molecule has 2 aliphatic heterocycles. The normalized spacial score (nSPS) is 22.4. The van der Waals surface area contributed by atoms with Crippen molar-refractivity contribution >= 4 is 5.69 Å². The SMILES string of the molecule is CC(C)c1ccc(N2CCCC3(CCNCC3)C2)cn1. The van der Waals surface area contributed by atoms with Crippen molar-refractivity contribution in [1.29, 1.82) is 0 Å². The molecule has 2 fully saturated rings. The summed E-state index contributed by atoms with van der Waals surface area (Å²) in [6.45, 7) is 9.20. The van der Waals surface area contributed by atoms with Crippen LogP contribution in [0.2, 0.25) is 0 Å². The zero-order valence-corrected chi connectivity index (χ0v) is 12.9. The minimum absolute atomic E-state index is 0.515. The number of hydrogen-bond acceptors (Lipinski definition) is 3. The number of hydrogen-bond donors (Lipinski definition) is 1. The molecular formula is C17H27N3. The van der Waals surface area contributed by atoms with E-state index in [0.29, 0.717) is 11.3 Å². The van der Waals surface area contributed by atoms with Crippen LogP contribution in [0.3, 0.4) is 0 Å². The number of anilines is 1. The van der Waals surface area contributed by atoms with E-state index in [1.54, 1.807) is 0 Å². The summed E-state index contributed by atoms with van der Waals surface area (Å²) in [5.41, 5.74) is 3.06. The predicted molar refractivity (Wildman–Crippen MR) is 84.3 cm³/mol. The number of pyridine rings is 1. The van der Waals surface area contributed by atoms with E-state index in [0.717, 1.165) is 0 Å². The van der Waals surface area contributed by atoms with Gasteiger partial charge in [0, 0.05) is 18.8 Å². The fraction of sp³-hybridized carbons (Fsp3) is 0.706. The summed E-state index contributed by atoms with van der Waals surface area (Å²) in [6, 6.07) is 4.46. The minimum atomic E-state index is 0.515. The van der Waals surface area contributed by atoms with E-state index in [1.165, 1.54) is 63.2 Å². The zero-order chi connectivity index (χ0) is 14.0. The molecule has 0 aromatic carbocycles. The molecule has 110 valence electrons. The molecule has 1 aromatic rings. The molecule has 3 heterocycles. The van der Waals surface area contributed by atoms with Crippen LogP contribution in [-0.2, 0) is 0 Å². The Morgan fingerprint density at radius 1 is 1.20 bits per heavy atom. The van der Waals surface area contributed by atoms with Crippen LogP contribution in [0.1, 0.15) is 51.1 Å². The van der Waals surface area contributed by atoms with Crippen LogP contribution in [0.4, 0.5) is 5.69 Å². The highest BCUT2D eigenvalue weighted by molar-refractivity contribution is 5.45. The van der Waals surface area contributed by atoms with Gasteiger partial charge in [0.15, 0.2) is 0 Å². The lowest BCUT2D eigenvalue weighted by Gasteiger charge is -2.46. The highest BCUT2D eigenvalue weighted by Crippen LogP contribution is 2.39. The largest absolute Gasteiger partial charge is 0.370 e. The number of nitrogens with zero attached hydrogens (tertiary/aromatic N) is 2. The first-order chi connectivity index (χ1) is 9.69. The van der Waals surface area contributed by atoms with Gasteiger partial charge in [-0.05, 0) is 62.2 Å². The van der Waals surface area contributed by atoms with Crippen molar-refractivity contribution < 1.29 is 0 Å². The molecule has 0 radical (unpaired) electrons. The van der Waals surface area contributed by atoms with Gasteiger partial charge in [0.05, 0.1) is 11.9 Å². The molecule has 0 unspecified atom stereocenters. The molecule has 3 rings (SSSR count). The molecule has 0 saturated carbocycles. The van der Waals surface area contributed by atoms with Crippen LogP contribution in [0.15, 0.2) is 18.3 Å². The van der Waals surface area contributed by atoms with E-state index in [4.69, 9.17) is 0 Å². The molecule has 1 aromatic heterocycles. The van der Waals surface area contributed by atoms with Crippen LogP contribution in [0.5, 0.6) is 0 Å². The van der Waals surface area contributed by atoms with Crippen LogP contribution in [-0.4, -0.2) is 31.2 Å². The van der Waals surface area contributed by atoms with Crippen LogP contribution in [0, 0.1) is 5.41 Å². The second-order valence-corrected chi connectivity index (χ2v) is 6.87. The molecule has 3 nitrogen and oxygen atoms in total. The molecule has 2 aliphatic rings. The Labute approximate surface area is 122 Å². The molecule has 0 atom stereocenters. The maximum absolute atomic E-state index is 4.63. The van der Waals surface area contributed by atoms with Gasteiger partial charge < -0.3 is 10.2 Å². The van der Waals surface area contributed by atoms with Crippen molar-refractivity contribution in [2.24, 2.45) is 5.41 Å². The lowest BCUT2D eigenvalue weighted by Crippen LogP contribution is -2.48. The van der Waals surface area contributed by atoms with Crippen LogP contribution < -0.4 is 10.2 Å². The summed E-state index contributed by atoms with van der Waals surface area (Å²) < 4.78 is 0. The first kappa shape index (κ1) is 13.9. The standard InChI is InChI=1S/C17H27N3/c1-14(2)16-5-4-15(12-19-16)20-11-3-6-17(13-20)7-9-18-10-8-17/h4-5,12,14,18H,3,6-11,13H2,1-2H3. The summed E-state index contributed by atoms with van der Waals surface area (Å²) in [5, 5.41) is 3.50. The third kappa shape index (κ3) is 2.83. The minimum Gasteiger partial charge on any atom is -0.370 e. The molecule has 3 heteroatoms. The fourth-order valence-electron chi connectivity index (χ4n) is 3.72. The molecular weight excluding hydrogens is 246 g/mol. The Hall–Kier alpha value is -1.09. The van der Waals surface area contributed by atoms with Gasteiger partial charge in [-0.2, -0.15) is 0 Å². The number of rotatable bonds is 2. The summed E-state index contributed by atoms with van der Waals surface area (Å²) in [7, 11) is 0.